The first-order chi connectivity index (χ1) is 14.5. The van der Waals surface area contributed by atoms with Crippen LogP contribution in [-0.2, 0) is 4.74 Å². The molecular weight excluding hydrogens is 376 g/mol. The second kappa shape index (κ2) is 9.41. The van der Waals surface area contributed by atoms with Crippen molar-refractivity contribution in [3.63, 3.8) is 0 Å². The van der Waals surface area contributed by atoms with Gasteiger partial charge in [-0.05, 0) is 70.2 Å². The molecule has 3 aromatic rings. The third-order valence-corrected chi connectivity index (χ3v) is 5.21. The van der Waals surface area contributed by atoms with Crippen molar-refractivity contribution in [3.8, 4) is 23.8 Å². The number of hydrogen-bond acceptors (Lipinski definition) is 4. The van der Waals surface area contributed by atoms with Gasteiger partial charge in [0.1, 0.15) is 12.4 Å². The van der Waals surface area contributed by atoms with E-state index >= 15 is 0 Å². The molecule has 0 spiro atoms. The van der Waals surface area contributed by atoms with Gasteiger partial charge in [-0.3, -0.25) is 0 Å². The molecule has 2 aromatic carbocycles. The summed E-state index contributed by atoms with van der Waals surface area (Å²) in [7, 11) is 0. The van der Waals surface area contributed by atoms with Crippen LogP contribution >= 0.6 is 0 Å². The Morgan fingerprint density at radius 1 is 1.10 bits per heavy atom. The van der Waals surface area contributed by atoms with Gasteiger partial charge in [-0.1, -0.05) is 5.92 Å². The zero-order chi connectivity index (χ0) is 21.7. The van der Waals surface area contributed by atoms with E-state index in [0.717, 1.165) is 35.4 Å². The molecule has 30 heavy (non-hydrogen) atoms. The highest BCUT2D eigenvalue weighted by molar-refractivity contribution is 6.07. The van der Waals surface area contributed by atoms with Crippen LogP contribution in [-0.4, -0.2) is 36.8 Å². The fourth-order valence-electron chi connectivity index (χ4n) is 3.81. The van der Waals surface area contributed by atoms with Crippen LogP contribution < -0.4 is 9.64 Å². The van der Waals surface area contributed by atoms with Gasteiger partial charge in [-0.2, -0.15) is 0 Å². The highest BCUT2D eigenvalue weighted by atomic mass is 16.5. The number of carbonyl (C=O) groups is 1. The Labute approximate surface area is 178 Å². The van der Waals surface area contributed by atoms with E-state index < -0.39 is 0 Å². The SMILES string of the molecule is C#CCOc1ccc2c(c1)c(C(=O)OCC)c(C)n2-c1ccc(N(CC)CC)cc1. The van der Waals surface area contributed by atoms with Crippen LogP contribution in [0.1, 0.15) is 36.8 Å². The molecule has 0 amide bonds. The van der Waals surface area contributed by atoms with Crippen molar-refractivity contribution in [2.45, 2.75) is 27.7 Å². The number of fused-ring (bicyclic) bond motifs is 1. The lowest BCUT2D eigenvalue weighted by molar-refractivity contribution is 0.0527. The third kappa shape index (κ3) is 3.99. The molecule has 0 aliphatic heterocycles. The van der Waals surface area contributed by atoms with Gasteiger partial charge in [-0.15, -0.1) is 6.42 Å². The monoisotopic (exact) mass is 404 g/mol. The van der Waals surface area contributed by atoms with Crippen LogP contribution in [0, 0.1) is 19.3 Å². The standard InChI is InChI=1S/C25H28N2O3/c1-6-16-30-21-14-15-23-22(17-21)24(25(28)29-9-4)18(5)27(23)20-12-10-19(11-13-20)26(7-2)8-3/h1,10-15,17H,7-9,16H2,2-5H3. The maximum atomic E-state index is 12.8. The fourth-order valence-corrected chi connectivity index (χ4v) is 3.81. The highest BCUT2D eigenvalue weighted by Gasteiger charge is 2.22. The van der Waals surface area contributed by atoms with E-state index in [0.29, 0.717) is 17.9 Å². The second-order valence-corrected chi connectivity index (χ2v) is 6.88. The molecule has 0 saturated heterocycles. The molecule has 5 heteroatoms. The van der Waals surface area contributed by atoms with E-state index in [4.69, 9.17) is 15.9 Å². The minimum atomic E-state index is -0.340. The fraction of sp³-hybridized carbons (Fsp3) is 0.320. The van der Waals surface area contributed by atoms with Gasteiger partial charge in [0.2, 0.25) is 0 Å². The van der Waals surface area contributed by atoms with Gasteiger partial charge < -0.3 is 18.9 Å². The van der Waals surface area contributed by atoms with Gasteiger partial charge in [-0.25, -0.2) is 4.79 Å². The molecule has 0 fully saturated rings. The summed E-state index contributed by atoms with van der Waals surface area (Å²) < 4.78 is 13.0. The van der Waals surface area contributed by atoms with Crippen LogP contribution in [0.2, 0.25) is 0 Å². The van der Waals surface area contributed by atoms with Crippen molar-refractivity contribution in [2.24, 2.45) is 0 Å². The Bertz CT molecular complexity index is 1070. The number of rotatable bonds is 8. The Morgan fingerprint density at radius 2 is 1.80 bits per heavy atom. The summed E-state index contributed by atoms with van der Waals surface area (Å²) in [5.41, 5.74) is 4.45. The smallest absolute Gasteiger partial charge is 0.340 e. The minimum absolute atomic E-state index is 0.173. The van der Waals surface area contributed by atoms with Crippen LogP contribution in [0.4, 0.5) is 5.69 Å². The van der Waals surface area contributed by atoms with Gasteiger partial charge in [0.25, 0.3) is 0 Å². The number of benzene rings is 2. The molecule has 0 aliphatic carbocycles. The average molecular weight is 405 g/mol. The van der Waals surface area contributed by atoms with Crippen molar-refractivity contribution in [2.75, 3.05) is 31.2 Å². The number of aromatic nitrogens is 1. The molecule has 0 bridgehead atoms. The molecule has 156 valence electrons. The van der Waals surface area contributed by atoms with Crippen molar-refractivity contribution in [1.82, 2.24) is 4.57 Å². The third-order valence-electron chi connectivity index (χ3n) is 5.21. The molecule has 0 unspecified atom stereocenters. The molecule has 1 aromatic heterocycles. The van der Waals surface area contributed by atoms with Crippen LogP contribution in [0.3, 0.4) is 0 Å². The number of nitrogens with zero attached hydrogens (tertiary/aromatic N) is 2. The molecule has 0 aliphatic rings. The second-order valence-electron chi connectivity index (χ2n) is 6.88. The minimum Gasteiger partial charge on any atom is -0.481 e. The molecule has 5 nitrogen and oxygen atoms in total. The van der Waals surface area contributed by atoms with Crippen LogP contribution in [0.5, 0.6) is 5.75 Å². The molecule has 0 N–H and O–H groups in total. The van der Waals surface area contributed by atoms with Gasteiger partial charge >= 0.3 is 5.97 Å². The molecule has 3 rings (SSSR count). The van der Waals surface area contributed by atoms with Crippen molar-refractivity contribution < 1.29 is 14.3 Å². The lowest BCUT2D eigenvalue weighted by Gasteiger charge is -2.21. The lowest BCUT2D eigenvalue weighted by Crippen LogP contribution is -2.21. The van der Waals surface area contributed by atoms with Gasteiger partial charge in [0, 0.05) is 35.5 Å². The summed E-state index contributed by atoms with van der Waals surface area (Å²) in [6, 6.07) is 14.1. The van der Waals surface area contributed by atoms with Crippen LogP contribution in [0.15, 0.2) is 42.5 Å². The Morgan fingerprint density at radius 3 is 2.40 bits per heavy atom. The quantitative estimate of drug-likeness (QED) is 0.393. The van der Waals surface area contributed by atoms with Gasteiger partial charge in [0.15, 0.2) is 0 Å². The maximum Gasteiger partial charge on any atom is 0.340 e. The average Bonchev–Trinajstić information content (AvgIpc) is 3.05. The summed E-state index contributed by atoms with van der Waals surface area (Å²) in [4.78, 5) is 15.1. The van der Waals surface area contributed by atoms with E-state index in [2.05, 4.69) is 53.5 Å². The Hall–Kier alpha value is -3.39. The zero-order valence-corrected chi connectivity index (χ0v) is 18.1. The first kappa shape index (κ1) is 21.3. The van der Waals surface area contributed by atoms with E-state index in [1.165, 1.54) is 5.69 Å². The predicted octanol–water partition coefficient (Wildman–Crippen LogP) is 4.97. The van der Waals surface area contributed by atoms with Crippen molar-refractivity contribution in [3.05, 3.63) is 53.7 Å². The number of anilines is 1. The maximum absolute atomic E-state index is 12.8. The summed E-state index contributed by atoms with van der Waals surface area (Å²) in [5.74, 6) is 2.75. The van der Waals surface area contributed by atoms with E-state index in [1.807, 2.05) is 25.1 Å². The molecule has 1 heterocycles. The first-order valence-electron chi connectivity index (χ1n) is 10.3. The topological polar surface area (TPSA) is 43.7 Å². The first-order valence-corrected chi connectivity index (χ1v) is 10.3. The predicted molar refractivity (Wildman–Crippen MR) is 122 cm³/mol. The molecular formula is C25H28N2O3. The summed E-state index contributed by atoms with van der Waals surface area (Å²) in [6.45, 7) is 10.4. The number of ether oxygens (including phenoxy) is 2. The number of terminal acetylenes is 1. The van der Waals surface area contributed by atoms with E-state index in [1.54, 1.807) is 6.92 Å². The Balaban J connectivity index is 2.15. The summed E-state index contributed by atoms with van der Waals surface area (Å²) >= 11 is 0. The number of carbonyl (C=O) groups excluding carboxylic acids is 1. The summed E-state index contributed by atoms with van der Waals surface area (Å²) in [6.07, 6.45) is 5.31. The number of esters is 1. The lowest BCUT2D eigenvalue weighted by atomic mass is 10.1. The molecule has 0 radical (unpaired) electrons. The van der Waals surface area contributed by atoms with Crippen molar-refractivity contribution in [1.29, 1.82) is 0 Å². The number of hydrogen-bond donors (Lipinski definition) is 0. The summed E-state index contributed by atoms with van der Waals surface area (Å²) in [5, 5.41) is 0.785. The van der Waals surface area contributed by atoms with Crippen LogP contribution in [0.25, 0.3) is 16.6 Å². The van der Waals surface area contributed by atoms with Crippen molar-refractivity contribution >= 4 is 22.6 Å². The van der Waals surface area contributed by atoms with Gasteiger partial charge in [0.05, 0.1) is 17.7 Å². The largest absolute Gasteiger partial charge is 0.481 e. The zero-order valence-electron chi connectivity index (χ0n) is 18.1. The molecule has 0 atom stereocenters. The van der Waals surface area contributed by atoms with E-state index in [-0.39, 0.29) is 12.6 Å². The Kier molecular flexibility index (Phi) is 6.68. The highest BCUT2D eigenvalue weighted by Crippen LogP contribution is 2.33. The molecule has 0 saturated carbocycles. The normalized spacial score (nSPS) is 10.6. The van der Waals surface area contributed by atoms with E-state index in [9.17, 15) is 4.79 Å².